The fourth-order valence-electron chi connectivity index (χ4n) is 1.27. The summed E-state index contributed by atoms with van der Waals surface area (Å²) in [6, 6.07) is 0. The van der Waals surface area contributed by atoms with Crippen molar-refractivity contribution in [3.05, 3.63) is 0 Å². The van der Waals surface area contributed by atoms with E-state index < -0.39 is 5.79 Å². The van der Waals surface area contributed by atoms with Crippen LogP contribution in [0, 0.1) is 0 Å². The van der Waals surface area contributed by atoms with Crippen molar-refractivity contribution in [3.8, 4) is 0 Å². The van der Waals surface area contributed by atoms with Crippen LogP contribution < -0.4 is 0 Å². The van der Waals surface area contributed by atoms with E-state index in [1.807, 2.05) is 0 Å². The Morgan fingerprint density at radius 3 is 2.33 bits per heavy atom. The van der Waals surface area contributed by atoms with Gasteiger partial charge in [0.25, 0.3) is 0 Å². The van der Waals surface area contributed by atoms with Gasteiger partial charge in [0.2, 0.25) is 0 Å². The largest absolute Gasteiger partial charge is 0.347 e. The van der Waals surface area contributed by atoms with Gasteiger partial charge in [-0.1, -0.05) is 0 Å². The van der Waals surface area contributed by atoms with Gasteiger partial charge in [-0.15, -0.1) is 0 Å². The predicted octanol–water partition coefficient (Wildman–Crippen LogP) is 0.298. The fraction of sp³-hybridized carbons (Fsp3) is 0.750. The van der Waals surface area contributed by atoms with Crippen LogP contribution >= 0.6 is 0 Å². The summed E-state index contributed by atoms with van der Waals surface area (Å²) in [5.74, 6) is -0.803. The molecule has 0 amide bonds. The maximum Gasteiger partial charge on any atom is 0.175 e. The first-order valence-corrected chi connectivity index (χ1v) is 3.98. The van der Waals surface area contributed by atoms with Crippen LogP contribution in [0.15, 0.2) is 0 Å². The fourth-order valence-corrected chi connectivity index (χ4v) is 1.27. The number of carbonyl (C=O) groups excluding carboxylic acids is 2. The highest BCUT2D eigenvalue weighted by molar-refractivity contribution is 5.52. The van der Waals surface area contributed by atoms with Crippen LogP contribution in [0.5, 0.6) is 0 Å². The molecule has 4 nitrogen and oxygen atoms in total. The third-order valence-corrected chi connectivity index (χ3v) is 1.85. The molecule has 0 aliphatic carbocycles. The summed E-state index contributed by atoms with van der Waals surface area (Å²) in [6.07, 6.45) is 2.61. The van der Waals surface area contributed by atoms with Crippen LogP contribution in [-0.2, 0) is 19.1 Å². The molecule has 12 heavy (non-hydrogen) atoms. The zero-order chi connectivity index (χ0) is 8.86. The Morgan fingerprint density at radius 2 is 1.83 bits per heavy atom. The van der Waals surface area contributed by atoms with Gasteiger partial charge in [0.05, 0.1) is 19.6 Å². The van der Waals surface area contributed by atoms with E-state index in [9.17, 15) is 9.59 Å². The van der Waals surface area contributed by atoms with Crippen LogP contribution in [0.2, 0.25) is 0 Å². The van der Waals surface area contributed by atoms with E-state index >= 15 is 0 Å². The van der Waals surface area contributed by atoms with Crippen molar-refractivity contribution in [2.24, 2.45) is 0 Å². The van der Waals surface area contributed by atoms with Crippen LogP contribution in [0.4, 0.5) is 0 Å². The highest BCUT2D eigenvalue weighted by Gasteiger charge is 2.35. The van der Waals surface area contributed by atoms with E-state index in [1.165, 1.54) is 0 Å². The molecule has 0 saturated carbocycles. The molecule has 0 aromatic carbocycles. The first-order valence-electron chi connectivity index (χ1n) is 3.98. The minimum absolute atomic E-state index is 0.209. The molecular formula is C8H12O4. The monoisotopic (exact) mass is 172 g/mol. The SMILES string of the molecule is O=CCCC1(CC=O)OCCO1. The summed E-state index contributed by atoms with van der Waals surface area (Å²) in [6.45, 7) is 1.01. The topological polar surface area (TPSA) is 52.6 Å². The molecule has 1 rings (SSSR count). The zero-order valence-electron chi connectivity index (χ0n) is 6.82. The Labute approximate surface area is 70.8 Å². The average Bonchev–Trinajstić information content (AvgIpc) is 2.51. The average molecular weight is 172 g/mol. The summed E-state index contributed by atoms with van der Waals surface area (Å²) >= 11 is 0. The molecule has 0 spiro atoms. The van der Waals surface area contributed by atoms with Gasteiger partial charge in [-0.3, -0.25) is 0 Å². The van der Waals surface area contributed by atoms with Gasteiger partial charge < -0.3 is 19.1 Å². The first kappa shape index (κ1) is 9.35. The normalized spacial score (nSPS) is 20.7. The molecule has 0 N–H and O–H groups in total. The minimum Gasteiger partial charge on any atom is -0.347 e. The highest BCUT2D eigenvalue weighted by atomic mass is 16.7. The lowest BCUT2D eigenvalue weighted by molar-refractivity contribution is -0.168. The van der Waals surface area contributed by atoms with E-state index in [1.54, 1.807) is 0 Å². The van der Waals surface area contributed by atoms with Gasteiger partial charge in [-0.05, 0) is 0 Å². The summed E-state index contributed by atoms with van der Waals surface area (Å²) < 4.78 is 10.5. The summed E-state index contributed by atoms with van der Waals surface area (Å²) in [5.41, 5.74) is 0. The van der Waals surface area contributed by atoms with Crippen molar-refractivity contribution in [2.45, 2.75) is 25.0 Å². The number of carbonyl (C=O) groups is 2. The molecule has 1 fully saturated rings. The lowest BCUT2D eigenvalue weighted by atomic mass is 10.1. The van der Waals surface area contributed by atoms with Crippen molar-refractivity contribution in [1.29, 1.82) is 0 Å². The Kier molecular flexibility index (Phi) is 3.37. The predicted molar refractivity (Wildman–Crippen MR) is 40.6 cm³/mol. The number of rotatable bonds is 5. The van der Waals surface area contributed by atoms with Crippen molar-refractivity contribution in [3.63, 3.8) is 0 Å². The molecule has 1 aliphatic rings. The number of ether oxygens (including phenoxy) is 2. The van der Waals surface area contributed by atoms with Crippen LogP contribution in [-0.4, -0.2) is 31.6 Å². The first-order chi connectivity index (χ1) is 5.83. The molecule has 1 saturated heterocycles. The molecular weight excluding hydrogens is 160 g/mol. The molecule has 0 unspecified atom stereocenters. The lowest BCUT2D eigenvalue weighted by Gasteiger charge is -2.23. The van der Waals surface area contributed by atoms with Crippen molar-refractivity contribution >= 4 is 12.6 Å². The molecule has 0 radical (unpaired) electrons. The Morgan fingerprint density at radius 1 is 1.17 bits per heavy atom. The molecule has 1 heterocycles. The third kappa shape index (κ3) is 2.12. The maximum atomic E-state index is 10.3. The Hall–Kier alpha value is -0.740. The van der Waals surface area contributed by atoms with Crippen molar-refractivity contribution in [1.82, 2.24) is 0 Å². The standard InChI is InChI=1S/C8H12O4/c9-4-1-2-8(3-5-10)11-6-7-12-8/h4-5H,1-3,6-7H2. The van der Waals surface area contributed by atoms with E-state index in [-0.39, 0.29) is 6.42 Å². The van der Waals surface area contributed by atoms with Crippen molar-refractivity contribution < 1.29 is 19.1 Å². The third-order valence-electron chi connectivity index (χ3n) is 1.85. The smallest absolute Gasteiger partial charge is 0.175 e. The molecule has 4 heteroatoms. The van der Waals surface area contributed by atoms with Gasteiger partial charge in [0.15, 0.2) is 5.79 Å². The van der Waals surface area contributed by atoms with Gasteiger partial charge in [0.1, 0.15) is 12.6 Å². The van der Waals surface area contributed by atoms with Crippen molar-refractivity contribution in [2.75, 3.05) is 13.2 Å². The number of hydrogen-bond donors (Lipinski definition) is 0. The zero-order valence-corrected chi connectivity index (χ0v) is 6.82. The van der Waals surface area contributed by atoms with E-state index in [4.69, 9.17) is 9.47 Å². The molecule has 0 bridgehead atoms. The quantitative estimate of drug-likeness (QED) is 0.559. The summed E-state index contributed by atoms with van der Waals surface area (Å²) in [7, 11) is 0. The molecule has 0 aromatic rings. The Bertz CT molecular complexity index is 160. The summed E-state index contributed by atoms with van der Waals surface area (Å²) in [4.78, 5) is 20.4. The van der Waals surface area contributed by atoms with Crippen LogP contribution in [0.3, 0.4) is 0 Å². The lowest BCUT2D eigenvalue weighted by Crippen LogP contribution is -2.30. The number of aldehydes is 2. The van der Waals surface area contributed by atoms with Crippen LogP contribution in [0.25, 0.3) is 0 Å². The second kappa shape index (κ2) is 4.33. The van der Waals surface area contributed by atoms with E-state index in [2.05, 4.69) is 0 Å². The second-order valence-electron chi connectivity index (χ2n) is 2.68. The van der Waals surface area contributed by atoms with Crippen LogP contribution in [0.1, 0.15) is 19.3 Å². The summed E-state index contributed by atoms with van der Waals surface area (Å²) in [5, 5.41) is 0. The van der Waals surface area contributed by atoms with E-state index in [0.29, 0.717) is 26.1 Å². The van der Waals surface area contributed by atoms with Gasteiger partial charge in [0, 0.05) is 12.8 Å². The maximum absolute atomic E-state index is 10.3. The highest BCUT2D eigenvalue weighted by Crippen LogP contribution is 2.27. The number of hydrogen-bond acceptors (Lipinski definition) is 4. The van der Waals surface area contributed by atoms with E-state index in [0.717, 1.165) is 12.6 Å². The van der Waals surface area contributed by atoms with Gasteiger partial charge in [-0.2, -0.15) is 0 Å². The molecule has 0 atom stereocenters. The molecule has 1 aliphatic heterocycles. The molecule has 68 valence electrons. The Balaban J connectivity index is 2.45. The second-order valence-corrected chi connectivity index (χ2v) is 2.68. The minimum atomic E-state index is -0.803. The molecule has 0 aromatic heterocycles. The van der Waals surface area contributed by atoms with Gasteiger partial charge >= 0.3 is 0 Å². The van der Waals surface area contributed by atoms with Gasteiger partial charge in [-0.25, -0.2) is 0 Å².